The van der Waals surface area contributed by atoms with Gasteiger partial charge in [0.1, 0.15) is 5.76 Å². The van der Waals surface area contributed by atoms with Crippen LogP contribution in [-0.2, 0) is 0 Å². The quantitative estimate of drug-likeness (QED) is 0.555. The third kappa shape index (κ3) is 3.58. The summed E-state index contributed by atoms with van der Waals surface area (Å²) in [4.78, 5) is 16.5. The van der Waals surface area contributed by atoms with Crippen molar-refractivity contribution in [1.29, 1.82) is 0 Å². The van der Waals surface area contributed by atoms with Gasteiger partial charge < -0.3 is 14.4 Å². The van der Waals surface area contributed by atoms with E-state index in [2.05, 4.69) is 20.6 Å². The monoisotopic (exact) mass is 380 g/mol. The highest BCUT2D eigenvalue weighted by Crippen LogP contribution is 2.28. The second-order valence-electron chi connectivity index (χ2n) is 5.76. The first-order chi connectivity index (χ1) is 13.1. The molecular formula is C19H13ClN4O3. The summed E-state index contributed by atoms with van der Waals surface area (Å²) in [6, 6.07) is 15.9. The van der Waals surface area contributed by atoms with Crippen molar-refractivity contribution in [3.8, 4) is 22.8 Å². The Morgan fingerprint density at radius 1 is 1.04 bits per heavy atom. The Hall–Kier alpha value is -3.45. The van der Waals surface area contributed by atoms with Crippen LogP contribution in [0.2, 0.25) is 5.02 Å². The van der Waals surface area contributed by atoms with E-state index in [9.17, 15) is 4.79 Å². The number of nitrogens with one attached hydrogen (secondary N) is 1. The van der Waals surface area contributed by atoms with Gasteiger partial charge in [0.2, 0.25) is 5.82 Å². The Morgan fingerprint density at radius 3 is 2.52 bits per heavy atom. The number of anilines is 1. The summed E-state index contributed by atoms with van der Waals surface area (Å²) in [5.41, 5.74) is 2.25. The first-order valence-electron chi connectivity index (χ1n) is 8.04. The lowest BCUT2D eigenvalue weighted by Gasteiger charge is -2.03. The zero-order valence-corrected chi connectivity index (χ0v) is 14.9. The van der Waals surface area contributed by atoms with Gasteiger partial charge in [-0.15, -0.1) is 0 Å². The summed E-state index contributed by atoms with van der Waals surface area (Å²) in [7, 11) is 0. The molecule has 0 aliphatic rings. The molecule has 2 aromatic heterocycles. The molecule has 0 radical (unpaired) electrons. The number of hydrogen-bond donors (Lipinski definition) is 1. The first-order valence-corrected chi connectivity index (χ1v) is 8.41. The van der Waals surface area contributed by atoms with Crippen LogP contribution in [-0.4, -0.2) is 21.2 Å². The molecular weight excluding hydrogens is 368 g/mol. The molecule has 7 nitrogen and oxygen atoms in total. The predicted octanol–water partition coefficient (Wildman–Crippen LogP) is 4.61. The van der Waals surface area contributed by atoms with Crippen LogP contribution in [0.25, 0.3) is 22.8 Å². The lowest BCUT2D eigenvalue weighted by Crippen LogP contribution is -2.12. The van der Waals surface area contributed by atoms with Crippen LogP contribution in [0.15, 0.2) is 63.6 Å². The number of halogens is 1. The maximum absolute atomic E-state index is 12.1. The highest BCUT2D eigenvalue weighted by atomic mass is 35.5. The summed E-state index contributed by atoms with van der Waals surface area (Å²) in [5.74, 6) is 0.992. The maximum Gasteiger partial charge on any atom is 0.277 e. The van der Waals surface area contributed by atoms with Crippen molar-refractivity contribution in [3.05, 3.63) is 71.1 Å². The molecule has 0 bridgehead atoms. The number of carbonyl (C=O) groups excluding carboxylic acids is 1. The highest BCUT2D eigenvalue weighted by Gasteiger charge is 2.14. The van der Waals surface area contributed by atoms with Gasteiger partial charge in [-0.05, 0) is 43.3 Å². The van der Waals surface area contributed by atoms with E-state index >= 15 is 0 Å². The van der Waals surface area contributed by atoms with E-state index in [1.165, 1.54) is 0 Å². The van der Waals surface area contributed by atoms with Crippen molar-refractivity contribution in [3.63, 3.8) is 0 Å². The SMILES string of the molecule is Cc1cc(C(=O)Nc2ccc(-c3noc(-c4ccccc4Cl)n3)cc2)no1. The van der Waals surface area contributed by atoms with Gasteiger partial charge in [-0.3, -0.25) is 4.79 Å². The number of aromatic nitrogens is 3. The minimum Gasteiger partial charge on any atom is -0.361 e. The molecule has 0 unspecified atom stereocenters. The summed E-state index contributed by atoms with van der Waals surface area (Å²) in [6.45, 7) is 1.72. The average molecular weight is 381 g/mol. The standard InChI is InChI=1S/C19H13ClN4O3/c1-11-10-16(23-26-11)18(25)21-13-8-6-12(7-9-13)17-22-19(27-24-17)14-4-2-3-5-15(14)20/h2-10H,1H3,(H,21,25). The Bertz CT molecular complexity index is 1100. The van der Waals surface area contributed by atoms with E-state index in [1.807, 2.05) is 18.2 Å². The largest absolute Gasteiger partial charge is 0.361 e. The minimum absolute atomic E-state index is 0.221. The van der Waals surface area contributed by atoms with Crippen LogP contribution in [0.5, 0.6) is 0 Å². The minimum atomic E-state index is -0.347. The van der Waals surface area contributed by atoms with Gasteiger partial charge in [0.05, 0.1) is 10.6 Å². The van der Waals surface area contributed by atoms with Crippen LogP contribution >= 0.6 is 11.6 Å². The van der Waals surface area contributed by atoms with Crippen LogP contribution in [0.4, 0.5) is 5.69 Å². The lowest BCUT2D eigenvalue weighted by molar-refractivity contribution is 0.101. The Morgan fingerprint density at radius 2 is 1.81 bits per heavy atom. The number of rotatable bonds is 4. The average Bonchev–Trinajstić information content (AvgIpc) is 3.32. The van der Waals surface area contributed by atoms with Gasteiger partial charge in [-0.2, -0.15) is 4.98 Å². The van der Waals surface area contributed by atoms with Crippen LogP contribution in [0.3, 0.4) is 0 Å². The fourth-order valence-corrected chi connectivity index (χ4v) is 2.67. The molecule has 0 atom stereocenters. The summed E-state index contributed by atoms with van der Waals surface area (Å²) in [5, 5.41) is 11.0. The number of hydrogen-bond acceptors (Lipinski definition) is 6. The van der Waals surface area contributed by atoms with Gasteiger partial charge in [0, 0.05) is 17.3 Å². The second kappa shape index (κ2) is 7.05. The van der Waals surface area contributed by atoms with E-state index in [4.69, 9.17) is 20.6 Å². The van der Waals surface area contributed by atoms with Crippen molar-refractivity contribution in [2.75, 3.05) is 5.32 Å². The van der Waals surface area contributed by atoms with Crippen molar-refractivity contribution in [2.45, 2.75) is 6.92 Å². The Labute approximate surface area is 158 Å². The molecule has 0 spiro atoms. The molecule has 134 valence electrons. The number of nitrogens with zero attached hydrogens (tertiary/aromatic N) is 3. The highest BCUT2D eigenvalue weighted by molar-refractivity contribution is 6.33. The molecule has 27 heavy (non-hydrogen) atoms. The molecule has 8 heteroatoms. The van der Waals surface area contributed by atoms with Crippen molar-refractivity contribution in [1.82, 2.24) is 15.3 Å². The predicted molar refractivity (Wildman–Crippen MR) is 99.4 cm³/mol. The van der Waals surface area contributed by atoms with Gasteiger partial charge >= 0.3 is 0 Å². The smallest absolute Gasteiger partial charge is 0.277 e. The van der Waals surface area contributed by atoms with Gasteiger partial charge in [-0.1, -0.05) is 34.0 Å². The lowest BCUT2D eigenvalue weighted by atomic mass is 10.2. The van der Waals surface area contributed by atoms with Gasteiger partial charge in [0.25, 0.3) is 11.8 Å². The third-order valence-corrected chi connectivity index (χ3v) is 4.12. The number of benzene rings is 2. The molecule has 4 aromatic rings. The normalized spacial score (nSPS) is 10.7. The van der Waals surface area contributed by atoms with E-state index in [1.54, 1.807) is 43.3 Å². The molecule has 4 rings (SSSR count). The van der Waals surface area contributed by atoms with Gasteiger partial charge in [-0.25, -0.2) is 0 Å². The van der Waals surface area contributed by atoms with Crippen LogP contribution in [0.1, 0.15) is 16.2 Å². The Balaban J connectivity index is 1.51. The van der Waals surface area contributed by atoms with Gasteiger partial charge in [0.15, 0.2) is 5.69 Å². The first kappa shape index (κ1) is 17.0. The molecule has 2 aromatic carbocycles. The van der Waals surface area contributed by atoms with Crippen molar-refractivity contribution < 1.29 is 13.8 Å². The summed E-state index contributed by atoms with van der Waals surface area (Å²) in [6.07, 6.45) is 0. The van der Waals surface area contributed by atoms with Crippen LogP contribution in [0, 0.1) is 6.92 Å². The summed E-state index contributed by atoms with van der Waals surface area (Å²) >= 11 is 6.16. The molecule has 1 amide bonds. The Kier molecular flexibility index (Phi) is 4.43. The number of amides is 1. The van der Waals surface area contributed by atoms with Crippen LogP contribution < -0.4 is 5.32 Å². The zero-order valence-electron chi connectivity index (χ0n) is 14.1. The zero-order chi connectivity index (χ0) is 18.8. The summed E-state index contributed by atoms with van der Waals surface area (Å²) < 4.78 is 10.2. The fraction of sp³-hybridized carbons (Fsp3) is 0.0526. The molecule has 0 saturated heterocycles. The fourth-order valence-electron chi connectivity index (χ4n) is 2.46. The molecule has 0 aliphatic carbocycles. The van der Waals surface area contributed by atoms with E-state index in [0.717, 1.165) is 5.56 Å². The van der Waals surface area contributed by atoms with E-state index in [-0.39, 0.29) is 11.6 Å². The maximum atomic E-state index is 12.1. The third-order valence-electron chi connectivity index (χ3n) is 3.79. The number of carbonyl (C=O) groups is 1. The second-order valence-corrected chi connectivity index (χ2v) is 6.16. The molecule has 0 saturated carbocycles. The van der Waals surface area contributed by atoms with E-state index in [0.29, 0.717) is 33.7 Å². The van der Waals surface area contributed by atoms with Crippen molar-refractivity contribution in [2.24, 2.45) is 0 Å². The molecule has 2 heterocycles. The molecule has 1 N–H and O–H groups in total. The van der Waals surface area contributed by atoms with E-state index < -0.39 is 0 Å². The molecule has 0 fully saturated rings. The topological polar surface area (TPSA) is 94.1 Å². The van der Waals surface area contributed by atoms with Crippen molar-refractivity contribution >= 4 is 23.2 Å². The number of aryl methyl sites for hydroxylation is 1. The molecule has 0 aliphatic heterocycles.